The lowest BCUT2D eigenvalue weighted by molar-refractivity contribution is -0.145. The number of halogens is 1. The van der Waals surface area contributed by atoms with E-state index in [1.165, 1.54) is 23.4 Å². The van der Waals surface area contributed by atoms with Crippen molar-refractivity contribution in [3.63, 3.8) is 0 Å². The Morgan fingerprint density at radius 1 is 1.53 bits per heavy atom. The SMILES string of the molecule is CC1CCCN(C(=O)c2ccncc2Cl)C1C(=O)O. The van der Waals surface area contributed by atoms with E-state index in [1.807, 2.05) is 6.92 Å². The van der Waals surface area contributed by atoms with Crippen LogP contribution in [0.1, 0.15) is 30.1 Å². The third kappa shape index (κ3) is 2.71. The molecule has 0 saturated carbocycles. The minimum Gasteiger partial charge on any atom is -0.480 e. The highest BCUT2D eigenvalue weighted by atomic mass is 35.5. The van der Waals surface area contributed by atoms with E-state index in [0.29, 0.717) is 12.1 Å². The molecule has 2 heterocycles. The molecule has 102 valence electrons. The number of likely N-dealkylation sites (tertiary alicyclic amines) is 1. The molecule has 19 heavy (non-hydrogen) atoms. The van der Waals surface area contributed by atoms with Crippen molar-refractivity contribution < 1.29 is 14.7 Å². The molecule has 1 amide bonds. The van der Waals surface area contributed by atoms with Crippen LogP contribution in [-0.2, 0) is 4.79 Å². The van der Waals surface area contributed by atoms with E-state index < -0.39 is 12.0 Å². The molecule has 0 spiro atoms. The van der Waals surface area contributed by atoms with Crippen LogP contribution in [0.3, 0.4) is 0 Å². The number of hydrogen-bond acceptors (Lipinski definition) is 3. The first kappa shape index (κ1) is 13.8. The Morgan fingerprint density at radius 2 is 2.26 bits per heavy atom. The average molecular weight is 283 g/mol. The van der Waals surface area contributed by atoms with E-state index in [9.17, 15) is 14.7 Å². The van der Waals surface area contributed by atoms with Crippen molar-refractivity contribution in [3.8, 4) is 0 Å². The molecule has 2 rings (SSSR count). The second-order valence-electron chi connectivity index (χ2n) is 4.76. The number of aromatic nitrogens is 1. The third-order valence-electron chi connectivity index (χ3n) is 3.45. The first-order valence-electron chi connectivity index (χ1n) is 6.15. The molecule has 1 aliphatic rings. The molecular weight excluding hydrogens is 268 g/mol. The van der Waals surface area contributed by atoms with Gasteiger partial charge in [-0.1, -0.05) is 18.5 Å². The average Bonchev–Trinajstić information content (AvgIpc) is 2.37. The van der Waals surface area contributed by atoms with Gasteiger partial charge in [0.15, 0.2) is 0 Å². The molecule has 0 radical (unpaired) electrons. The second-order valence-corrected chi connectivity index (χ2v) is 5.16. The lowest BCUT2D eigenvalue weighted by Crippen LogP contribution is -2.52. The summed E-state index contributed by atoms with van der Waals surface area (Å²) in [6.07, 6.45) is 4.48. The zero-order valence-electron chi connectivity index (χ0n) is 10.5. The molecule has 5 nitrogen and oxygen atoms in total. The van der Waals surface area contributed by atoms with Gasteiger partial charge in [-0.3, -0.25) is 9.78 Å². The van der Waals surface area contributed by atoms with Crippen molar-refractivity contribution in [3.05, 3.63) is 29.0 Å². The zero-order chi connectivity index (χ0) is 14.0. The number of nitrogens with zero attached hydrogens (tertiary/aromatic N) is 2. The van der Waals surface area contributed by atoms with Gasteiger partial charge in [0.2, 0.25) is 0 Å². The predicted octanol–water partition coefficient (Wildman–Crippen LogP) is 2.06. The Hall–Kier alpha value is -1.62. The van der Waals surface area contributed by atoms with Gasteiger partial charge in [-0.25, -0.2) is 4.79 Å². The molecule has 1 aliphatic heterocycles. The summed E-state index contributed by atoms with van der Waals surface area (Å²) in [6, 6.07) is 0.730. The first-order chi connectivity index (χ1) is 9.02. The summed E-state index contributed by atoms with van der Waals surface area (Å²) in [4.78, 5) is 29.0. The van der Waals surface area contributed by atoms with Crippen LogP contribution >= 0.6 is 11.6 Å². The van der Waals surface area contributed by atoms with E-state index >= 15 is 0 Å². The quantitative estimate of drug-likeness (QED) is 0.901. The fourth-order valence-electron chi connectivity index (χ4n) is 2.50. The Balaban J connectivity index is 2.31. The summed E-state index contributed by atoms with van der Waals surface area (Å²) in [6.45, 7) is 2.30. The predicted molar refractivity (Wildman–Crippen MR) is 70.1 cm³/mol. The first-order valence-corrected chi connectivity index (χ1v) is 6.53. The molecule has 1 N–H and O–H groups in total. The van der Waals surface area contributed by atoms with Crippen LogP contribution < -0.4 is 0 Å². The number of rotatable bonds is 2. The number of pyridine rings is 1. The van der Waals surface area contributed by atoms with Gasteiger partial charge in [0.25, 0.3) is 5.91 Å². The van der Waals surface area contributed by atoms with Gasteiger partial charge in [-0.15, -0.1) is 0 Å². The maximum absolute atomic E-state index is 12.4. The van der Waals surface area contributed by atoms with E-state index in [-0.39, 0.29) is 16.8 Å². The molecule has 2 unspecified atom stereocenters. The van der Waals surface area contributed by atoms with Gasteiger partial charge in [0, 0.05) is 18.9 Å². The van der Waals surface area contributed by atoms with E-state index in [1.54, 1.807) is 0 Å². The number of aliphatic carboxylic acids is 1. The number of piperidine rings is 1. The summed E-state index contributed by atoms with van der Waals surface area (Å²) in [7, 11) is 0. The van der Waals surface area contributed by atoms with Crippen LogP contribution in [0.4, 0.5) is 0 Å². The van der Waals surface area contributed by atoms with Crippen molar-refractivity contribution >= 4 is 23.5 Å². The lowest BCUT2D eigenvalue weighted by atomic mass is 9.90. The second kappa shape index (κ2) is 5.57. The molecule has 1 saturated heterocycles. The molecule has 6 heteroatoms. The maximum Gasteiger partial charge on any atom is 0.326 e. The van der Waals surface area contributed by atoms with Crippen LogP contribution in [0.25, 0.3) is 0 Å². The van der Waals surface area contributed by atoms with Gasteiger partial charge >= 0.3 is 5.97 Å². The fraction of sp³-hybridized carbons (Fsp3) is 0.462. The fourth-order valence-corrected chi connectivity index (χ4v) is 2.70. The van der Waals surface area contributed by atoms with Gasteiger partial charge in [-0.05, 0) is 24.8 Å². The number of amides is 1. The zero-order valence-corrected chi connectivity index (χ0v) is 11.3. The Bertz CT molecular complexity index is 506. The molecule has 0 aliphatic carbocycles. The van der Waals surface area contributed by atoms with Crippen LogP contribution in [0.15, 0.2) is 18.5 Å². The van der Waals surface area contributed by atoms with Crippen molar-refractivity contribution in [2.24, 2.45) is 5.92 Å². The number of hydrogen-bond donors (Lipinski definition) is 1. The van der Waals surface area contributed by atoms with Crippen molar-refractivity contribution in [1.82, 2.24) is 9.88 Å². The van der Waals surface area contributed by atoms with Crippen molar-refractivity contribution in [2.45, 2.75) is 25.8 Å². The van der Waals surface area contributed by atoms with E-state index in [4.69, 9.17) is 11.6 Å². The van der Waals surface area contributed by atoms with Crippen LogP contribution in [0, 0.1) is 5.92 Å². The van der Waals surface area contributed by atoms with Gasteiger partial charge in [0.05, 0.1) is 10.6 Å². The molecule has 0 bridgehead atoms. The highest BCUT2D eigenvalue weighted by Crippen LogP contribution is 2.26. The molecule has 0 aromatic carbocycles. The normalized spacial score (nSPS) is 23.2. The van der Waals surface area contributed by atoms with E-state index in [0.717, 1.165) is 12.8 Å². The van der Waals surface area contributed by atoms with E-state index in [2.05, 4.69) is 4.98 Å². The topological polar surface area (TPSA) is 70.5 Å². The standard InChI is InChI=1S/C13H15ClN2O3/c1-8-3-2-6-16(11(8)13(18)19)12(17)9-4-5-15-7-10(9)14/h4-5,7-8,11H,2-3,6H2,1H3,(H,18,19). The largest absolute Gasteiger partial charge is 0.480 e. The molecule has 1 fully saturated rings. The molecule has 1 aromatic rings. The number of carboxylic acids is 1. The van der Waals surface area contributed by atoms with Crippen LogP contribution in [0.2, 0.25) is 5.02 Å². The summed E-state index contributed by atoms with van der Waals surface area (Å²) < 4.78 is 0. The molecule has 1 aromatic heterocycles. The lowest BCUT2D eigenvalue weighted by Gasteiger charge is -2.37. The summed E-state index contributed by atoms with van der Waals surface area (Å²) in [5.41, 5.74) is 0.303. The molecule has 2 atom stereocenters. The van der Waals surface area contributed by atoms with Gasteiger partial charge in [0.1, 0.15) is 6.04 Å². The number of carboxylic acid groups (broad SMARTS) is 1. The van der Waals surface area contributed by atoms with Crippen molar-refractivity contribution in [1.29, 1.82) is 0 Å². The Labute approximate surface area is 116 Å². The minimum atomic E-state index is -0.967. The molecular formula is C13H15ClN2O3. The van der Waals surface area contributed by atoms with Gasteiger partial charge < -0.3 is 10.0 Å². The third-order valence-corrected chi connectivity index (χ3v) is 3.75. The Kier molecular flexibility index (Phi) is 4.04. The number of carbonyl (C=O) groups is 2. The van der Waals surface area contributed by atoms with Crippen LogP contribution in [-0.4, -0.2) is 39.5 Å². The smallest absolute Gasteiger partial charge is 0.326 e. The number of carbonyl (C=O) groups excluding carboxylic acids is 1. The van der Waals surface area contributed by atoms with Gasteiger partial charge in [-0.2, -0.15) is 0 Å². The summed E-state index contributed by atoms with van der Waals surface area (Å²) >= 11 is 5.94. The monoisotopic (exact) mass is 282 g/mol. The Morgan fingerprint density at radius 3 is 2.89 bits per heavy atom. The highest BCUT2D eigenvalue weighted by molar-refractivity contribution is 6.33. The maximum atomic E-state index is 12.4. The summed E-state index contributed by atoms with van der Waals surface area (Å²) in [5.74, 6) is -1.37. The minimum absolute atomic E-state index is 0.0594. The highest BCUT2D eigenvalue weighted by Gasteiger charge is 2.37. The van der Waals surface area contributed by atoms with Crippen molar-refractivity contribution in [2.75, 3.05) is 6.54 Å². The van der Waals surface area contributed by atoms with Crippen LogP contribution in [0.5, 0.6) is 0 Å². The summed E-state index contributed by atoms with van der Waals surface area (Å²) in [5, 5.41) is 9.55.